The lowest BCUT2D eigenvalue weighted by atomic mass is 9.81. The van der Waals surface area contributed by atoms with Crippen LogP contribution in [0.2, 0.25) is 0 Å². The largest absolute Gasteiger partial charge is 0.308 e. The standard InChI is InChI=1S/C63H43N7/c1-63(2)51-36-35-48-47-30-18-19-31-53(47)70(56(48)55(51)49-34-32-45(39-52(49)63)40-20-8-3-9-21-40)54-37-33-46(61-66-57(41-22-10-4-11-23-41)64-58(67-61)42-24-12-5-13-25-42)38-50(54)62-68-59(43-26-14-6-15-27-43)65-60(69-62)44-28-16-7-17-29-44/h3-39H,1-2H3. The molecule has 0 N–H and O–H groups in total. The Hall–Kier alpha value is -9.20. The van der Waals surface area contributed by atoms with Gasteiger partial charge in [0.1, 0.15) is 0 Å². The number of rotatable bonds is 8. The Kier molecular flexibility index (Phi) is 9.69. The molecule has 0 amide bonds. The molecule has 0 bridgehead atoms. The Morgan fingerprint density at radius 3 is 1.29 bits per heavy atom. The van der Waals surface area contributed by atoms with Gasteiger partial charge in [-0.2, -0.15) is 0 Å². The summed E-state index contributed by atoms with van der Waals surface area (Å²) in [6, 6.07) is 78.0. The number of aromatic nitrogens is 7. The summed E-state index contributed by atoms with van der Waals surface area (Å²) < 4.78 is 2.44. The minimum atomic E-state index is -0.271. The van der Waals surface area contributed by atoms with Crippen LogP contribution < -0.4 is 0 Å². The molecule has 1 aliphatic rings. The SMILES string of the molecule is CC1(C)c2cc(-c3ccccc3)ccc2-c2c1ccc1c3ccccc3n(-c3ccc(-c4nc(-c5ccccc5)nc(-c5ccccc5)n4)cc3-c3nc(-c4ccccc4)nc(-c4ccccc4)n3)c21. The molecule has 7 heteroatoms. The smallest absolute Gasteiger partial charge is 0.166 e. The van der Waals surface area contributed by atoms with Crippen molar-refractivity contribution in [1.82, 2.24) is 34.5 Å². The summed E-state index contributed by atoms with van der Waals surface area (Å²) in [7, 11) is 0. The molecule has 330 valence electrons. The van der Waals surface area contributed by atoms with Crippen molar-refractivity contribution >= 4 is 21.8 Å². The van der Waals surface area contributed by atoms with Crippen LogP contribution in [0.25, 0.3) is 118 Å². The first-order chi connectivity index (χ1) is 34.5. The minimum Gasteiger partial charge on any atom is -0.308 e. The average Bonchev–Trinajstić information content (AvgIpc) is 3.89. The van der Waals surface area contributed by atoms with Gasteiger partial charge in [-0.1, -0.05) is 208 Å². The maximum absolute atomic E-state index is 5.38. The van der Waals surface area contributed by atoms with E-state index in [2.05, 4.69) is 122 Å². The lowest BCUT2D eigenvalue weighted by Crippen LogP contribution is -2.15. The molecule has 13 rings (SSSR count). The van der Waals surface area contributed by atoms with E-state index in [1.165, 1.54) is 38.8 Å². The van der Waals surface area contributed by atoms with Crippen molar-refractivity contribution in [2.45, 2.75) is 19.3 Å². The topological polar surface area (TPSA) is 82.3 Å². The van der Waals surface area contributed by atoms with Crippen molar-refractivity contribution in [3.8, 4) is 96.3 Å². The van der Waals surface area contributed by atoms with Gasteiger partial charge >= 0.3 is 0 Å². The van der Waals surface area contributed by atoms with E-state index < -0.39 is 0 Å². The number of para-hydroxylation sites is 1. The van der Waals surface area contributed by atoms with E-state index in [0.717, 1.165) is 55.5 Å². The molecule has 0 saturated carbocycles. The van der Waals surface area contributed by atoms with E-state index in [4.69, 9.17) is 29.9 Å². The fraction of sp³-hybridized carbons (Fsp3) is 0.0476. The highest BCUT2D eigenvalue weighted by molar-refractivity contribution is 6.16. The molecule has 7 nitrogen and oxygen atoms in total. The number of benzene rings is 9. The van der Waals surface area contributed by atoms with E-state index in [-0.39, 0.29) is 5.41 Å². The summed E-state index contributed by atoms with van der Waals surface area (Å²) in [6.45, 7) is 4.71. The van der Waals surface area contributed by atoms with E-state index in [1.54, 1.807) is 0 Å². The van der Waals surface area contributed by atoms with Crippen molar-refractivity contribution in [2.24, 2.45) is 0 Å². The number of nitrogens with zero attached hydrogens (tertiary/aromatic N) is 7. The average molecular weight is 898 g/mol. The highest BCUT2D eigenvalue weighted by Crippen LogP contribution is 2.54. The van der Waals surface area contributed by atoms with Crippen LogP contribution in [0.3, 0.4) is 0 Å². The third kappa shape index (κ3) is 6.89. The fourth-order valence-electron chi connectivity index (χ4n) is 10.3. The normalized spacial score (nSPS) is 12.5. The molecular weight excluding hydrogens is 855 g/mol. The number of fused-ring (bicyclic) bond motifs is 7. The molecule has 3 heterocycles. The molecule has 9 aromatic carbocycles. The molecule has 0 aliphatic heterocycles. The highest BCUT2D eigenvalue weighted by atomic mass is 15.1. The second-order valence-corrected chi connectivity index (χ2v) is 18.3. The van der Waals surface area contributed by atoms with Crippen LogP contribution in [0.5, 0.6) is 0 Å². The van der Waals surface area contributed by atoms with Gasteiger partial charge in [0.15, 0.2) is 34.9 Å². The zero-order chi connectivity index (χ0) is 46.8. The van der Waals surface area contributed by atoms with Gasteiger partial charge in [-0.15, -0.1) is 0 Å². The van der Waals surface area contributed by atoms with Crippen LogP contribution in [-0.2, 0) is 5.41 Å². The third-order valence-electron chi connectivity index (χ3n) is 13.7. The van der Waals surface area contributed by atoms with Crippen molar-refractivity contribution in [1.29, 1.82) is 0 Å². The Bertz CT molecular complexity index is 3830. The quantitative estimate of drug-likeness (QED) is 0.151. The van der Waals surface area contributed by atoms with Gasteiger partial charge in [0.25, 0.3) is 0 Å². The van der Waals surface area contributed by atoms with E-state index in [1.807, 2.05) is 121 Å². The molecule has 12 aromatic rings. The fourth-order valence-corrected chi connectivity index (χ4v) is 10.3. The first-order valence-electron chi connectivity index (χ1n) is 23.6. The van der Waals surface area contributed by atoms with Gasteiger partial charge in [-0.25, -0.2) is 29.9 Å². The van der Waals surface area contributed by atoms with Crippen molar-refractivity contribution in [3.05, 3.63) is 236 Å². The summed E-state index contributed by atoms with van der Waals surface area (Å²) in [6.07, 6.45) is 0. The van der Waals surface area contributed by atoms with Gasteiger partial charge in [0, 0.05) is 55.1 Å². The lowest BCUT2D eigenvalue weighted by molar-refractivity contribution is 0.661. The monoisotopic (exact) mass is 897 g/mol. The second-order valence-electron chi connectivity index (χ2n) is 18.3. The predicted molar refractivity (Wildman–Crippen MR) is 283 cm³/mol. The molecule has 3 aromatic heterocycles. The summed E-state index contributed by atoms with van der Waals surface area (Å²) >= 11 is 0. The summed E-state index contributed by atoms with van der Waals surface area (Å²) in [5.41, 5.74) is 15.5. The number of hydrogen-bond donors (Lipinski definition) is 0. The Balaban J connectivity index is 1.12. The molecule has 0 fully saturated rings. The summed E-state index contributed by atoms with van der Waals surface area (Å²) in [5, 5.41) is 2.33. The molecule has 0 atom stereocenters. The van der Waals surface area contributed by atoms with Crippen LogP contribution >= 0.6 is 0 Å². The molecule has 0 radical (unpaired) electrons. The molecule has 70 heavy (non-hydrogen) atoms. The first kappa shape index (κ1) is 41.0. The second kappa shape index (κ2) is 16.5. The van der Waals surface area contributed by atoms with Crippen molar-refractivity contribution in [2.75, 3.05) is 0 Å². The maximum Gasteiger partial charge on any atom is 0.166 e. The molecular formula is C63H43N7. The highest BCUT2D eigenvalue weighted by Gasteiger charge is 2.38. The molecule has 0 unspecified atom stereocenters. The van der Waals surface area contributed by atoms with Crippen LogP contribution in [0, 0.1) is 0 Å². The number of hydrogen-bond acceptors (Lipinski definition) is 6. The minimum absolute atomic E-state index is 0.271. The van der Waals surface area contributed by atoms with Crippen LogP contribution in [0.4, 0.5) is 0 Å². The van der Waals surface area contributed by atoms with Crippen LogP contribution in [-0.4, -0.2) is 34.5 Å². The molecule has 0 spiro atoms. The predicted octanol–water partition coefficient (Wildman–Crippen LogP) is 15.1. The van der Waals surface area contributed by atoms with Gasteiger partial charge in [0.05, 0.1) is 16.7 Å². The molecule has 0 saturated heterocycles. The molecule has 1 aliphatic carbocycles. The van der Waals surface area contributed by atoms with Gasteiger partial charge in [0.2, 0.25) is 0 Å². The summed E-state index contributed by atoms with van der Waals surface area (Å²) in [5.74, 6) is 3.38. The van der Waals surface area contributed by atoms with Crippen molar-refractivity contribution in [3.63, 3.8) is 0 Å². The van der Waals surface area contributed by atoms with Crippen LogP contribution in [0.15, 0.2) is 224 Å². The zero-order valence-electron chi connectivity index (χ0n) is 38.5. The summed E-state index contributed by atoms with van der Waals surface area (Å²) in [4.78, 5) is 31.3. The Morgan fingerprint density at radius 2 is 0.757 bits per heavy atom. The third-order valence-corrected chi connectivity index (χ3v) is 13.7. The lowest BCUT2D eigenvalue weighted by Gasteiger charge is -2.22. The van der Waals surface area contributed by atoms with Crippen molar-refractivity contribution < 1.29 is 0 Å². The first-order valence-corrected chi connectivity index (χ1v) is 23.6. The van der Waals surface area contributed by atoms with E-state index >= 15 is 0 Å². The Labute approximate surface area is 405 Å². The van der Waals surface area contributed by atoms with Gasteiger partial charge in [-0.05, 0) is 58.1 Å². The maximum atomic E-state index is 5.38. The zero-order valence-corrected chi connectivity index (χ0v) is 38.5. The Morgan fingerprint density at radius 1 is 0.314 bits per heavy atom. The van der Waals surface area contributed by atoms with Gasteiger partial charge in [-0.3, -0.25) is 0 Å². The van der Waals surface area contributed by atoms with E-state index in [0.29, 0.717) is 34.9 Å². The van der Waals surface area contributed by atoms with E-state index in [9.17, 15) is 0 Å². The van der Waals surface area contributed by atoms with Crippen LogP contribution in [0.1, 0.15) is 25.0 Å². The van der Waals surface area contributed by atoms with Gasteiger partial charge < -0.3 is 4.57 Å².